The molecule has 0 spiro atoms. The van der Waals surface area contributed by atoms with Gasteiger partial charge in [0.25, 0.3) is 0 Å². The van der Waals surface area contributed by atoms with E-state index >= 15 is 0 Å². The molecule has 3 rings (SSSR count). The number of ether oxygens (including phenoxy) is 2. The van der Waals surface area contributed by atoms with Crippen LogP contribution < -0.4 is 20.3 Å². The van der Waals surface area contributed by atoms with E-state index < -0.39 is 17.2 Å². The SMILES string of the molecule is CCCOc1ccc(C)c(Nc2nc(=O)c(OC)cn2Cc2ccc(F)c(F)c2)c1. The molecule has 0 aliphatic heterocycles. The third-order valence-electron chi connectivity index (χ3n) is 4.45. The van der Waals surface area contributed by atoms with Gasteiger partial charge in [0, 0.05) is 11.8 Å². The molecule has 0 saturated carbocycles. The maximum Gasteiger partial charge on any atom is 0.316 e. The molecule has 1 heterocycles. The standard InChI is InChI=1S/C22H23F2N3O3/c1-4-9-30-16-7-5-14(2)19(11-16)25-22-26-21(28)20(29-3)13-27(22)12-15-6-8-17(23)18(24)10-15/h5-8,10-11,13H,4,9,12H2,1-3H3,(H,25,26,28). The van der Waals surface area contributed by atoms with Gasteiger partial charge >= 0.3 is 5.56 Å². The molecule has 1 N–H and O–H groups in total. The molecule has 1 aromatic heterocycles. The Balaban J connectivity index is 1.98. The zero-order valence-corrected chi connectivity index (χ0v) is 17.0. The van der Waals surface area contributed by atoms with Crippen molar-refractivity contribution in [2.75, 3.05) is 19.0 Å². The van der Waals surface area contributed by atoms with Gasteiger partial charge in [0.05, 0.1) is 26.5 Å². The summed E-state index contributed by atoms with van der Waals surface area (Å²) in [6.45, 7) is 4.66. The molecule has 2 aromatic carbocycles. The van der Waals surface area contributed by atoms with Crippen LogP contribution in [-0.4, -0.2) is 23.3 Å². The quantitative estimate of drug-likeness (QED) is 0.590. The van der Waals surface area contributed by atoms with Crippen molar-refractivity contribution in [2.24, 2.45) is 0 Å². The van der Waals surface area contributed by atoms with Crippen molar-refractivity contribution in [2.45, 2.75) is 26.8 Å². The van der Waals surface area contributed by atoms with Crippen molar-refractivity contribution in [1.82, 2.24) is 9.55 Å². The number of benzene rings is 2. The van der Waals surface area contributed by atoms with E-state index in [0.717, 1.165) is 24.1 Å². The monoisotopic (exact) mass is 415 g/mol. The van der Waals surface area contributed by atoms with Crippen molar-refractivity contribution in [3.05, 3.63) is 75.7 Å². The van der Waals surface area contributed by atoms with Gasteiger partial charge in [0.15, 0.2) is 11.6 Å². The lowest BCUT2D eigenvalue weighted by Gasteiger charge is -2.17. The number of anilines is 2. The van der Waals surface area contributed by atoms with Crippen molar-refractivity contribution in [1.29, 1.82) is 0 Å². The molecule has 30 heavy (non-hydrogen) atoms. The van der Waals surface area contributed by atoms with Crippen LogP contribution in [0.25, 0.3) is 0 Å². The van der Waals surface area contributed by atoms with Gasteiger partial charge in [0.1, 0.15) is 5.75 Å². The van der Waals surface area contributed by atoms with Gasteiger partial charge in [-0.2, -0.15) is 4.98 Å². The van der Waals surface area contributed by atoms with E-state index in [1.807, 2.05) is 32.0 Å². The molecule has 3 aromatic rings. The molecule has 0 atom stereocenters. The van der Waals surface area contributed by atoms with Gasteiger partial charge in [-0.3, -0.25) is 4.79 Å². The zero-order chi connectivity index (χ0) is 21.7. The van der Waals surface area contributed by atoms with Crippen LogP contribution in [0.2, 0.25) is 0 Å². The summed E-state index contributed by atoms with van der Waals surface area (Å²) in [5.41, 5.74) is 1.58. The van der Waals surface area contributed by atoms with Gasteiger partial charge in [-0.15, -0.1) is 0 Å². The van der Waals surface area contributed by atoms with Gasteiger partial charge < -0.3 is 19.4 Å². The van der Waals surface area contributed by atoms with Gasteiger partial charge in [-0.05, 0) is 42.7 Å². The second kappa shape index (κ2) is 9.39. The third kappa shape index (κ3) is 4.94. The van der Waals surface area contributed by atoms with Crippen LogP contribution in [0.1, 0.15) is 24.5 Å². The summed E-state index contributed by atoms with van der Waals surface area (Å²) in [6, 6.07) is 9.22. The van der Waals surface area contributed by atoms with Crippen LogP contribution in [-0.2, 0) is 6.54 Å². The third-order valence-corrected chi connectivity index (χ3v) is 4.45. The van der Waals surface area contributed by atoms with Crippen molar-refractivity contribution in [3.8, 4) is 11.5 Å². The Labute approximate surface area is 173 Å². The van der Waals surface area contributed by atoms with Crippen molar-refractivity contribution < 1.29 is 18.3 Å². The summed E-state index contributed by atoms with van der Waals surface area (Å²) in [7, 11) is 1.37. The summed E-state index contributed by atoms with van der Waals surface area (Å²) in [6.07, 6.45) is 2.36. The van der Waals surface area contributed by atoms with Crippen molar-refractivity contribution in [3.63, 3.8) is 0 Å². The molecular weight excluding hydrogens is 392 g/mol. The normalized spacial score (nSPS) is 10.7. The minimum atomic E-state index is -0.945. The number of nitrogens with zero attached hydrogens (tertiary/aromatic N) is 2. The summed E-state index contributed by atoms with van der Waals surface area (Å²) in [5.74, 6) is -0.902. The Hall–Kier alpha value is -3.42. The van der Waals surface area contributed by atoms with Crippen LogP contribution in [0.5, 0.6) is 11.5 Å². The smallest absolute Gasteiger partial charge is 0.316 e. The lowest BCUT2D eigenvalue weighted by molar-refractivity contribution is 0.317. The summed E-state index contributed by atoms with van der Waals surface area (Å²) in [4.78, 5) is 16.3. The van der Waals surface area contributed by atoms with E-state index in [1.54, 1.807) is 4.57 Å². The second-order valence-electron chi connectivity index (χ2n) is 6.76. The van der Waals surface area contributed by atoms with E-state index in [9.17, 15) is 13.6 Å². The molecule has 0 aliphatic rings. The highest BCUT2D eigenvalue weighted by molar-refractivity contribution is 5.61. The Kier molecular flexibility index (Phi) is 6.66. The molecule has 6 nitrogen and oxygen atoms in total. The predicted octanol–water partition coefficient (Wildman–Crippen LogP) is 4.42. The number of hydrogen-bond acceptors (Lipinski definition) is 5. The van der Waals surface area contributed by atoms with Gasteiger partial charge in [-0.1, -0.05) is 19.1 Å². The molecule has 158 valence electrons. The first-order valence-electron chi connectivity index (χ1n) is 9.51. The van der Waals surface area contributed by atoms with E-state index in [-0.39, 0.29) is 18.2 Å². The lowest BCUT2D eigenvalue weighted by atomic mass is 10.2. The number of nitrogens with one attached hydrogen (secondary N) is 1. The average Bonchev–Trinajstić information content (AvgIpc) is 2.73. The minimum absolute atomic E-state index is 0.0416. The molecule has 0 unspecified atom stereocenters. The van der Waals surface area contributed by atoms with E-state index in [0.29, 0.717) is 23.6 Å². The fourth-order valence-electron chi connectivity index (χ4n) is 2.83. The Bertz CT molecular complexity index is 1100. The fraction of sp³-hybridized carbons (Fsp3) is 0.273. The fourth-order valence-corrected chi connectivity index (χ4v) is 2.83. The Morgan fingerprint density at radius 3 is 2.63 bits per heavy atom. The molecule has 0 fully saturated rings. The first-order chi connectivity index (χ1) is 14.4. The number of rotatable bonds is 8. The lowest BCUT2D eigenvalue weighted by Crippen LogP contribution is -2.19. The number of hydrogen-bond donors (Lipinski definition) is 1. The first kappa shape index (κ1) is 21.3. The number of halogens is 2. The Morgan fingerprint density at radius 2 is 1.93 bits per heavy atom. The molecule has 0 radical (unpaired) electrons. The highest BCUT2D eigenvalue weighted by atomic mass is 19.2. The van der Waals surface area contributed by atoms with Crippen LogP contribution in [0.3, 0.4) is 0 Å². The number of methoxy groups -OCH3 is 1. The molecule has 8 heteroatoms. The topological polar surface area (TPSA) is 65.4 Å². The first-order valence-corrected chi connectivity index (χ1v) is 9.51. The van der Waals surface area contributed by atoms with Crippen LogP contribution >= 0.6 is 0 Å². The van der Waals surface area contributed by atoms with Crippen LogP contribution in [0, 0.1) is 18.6 Å². The van der Waals surface area contributed by atoms with Gasteiger partial charge in [-0.25, -0.2) is 8.78 Å². The van der Waals surface area contributed by atoms with E-state index in [2.05, 4.69) is 10.3 Å². The van der Waals surface area contributed by atoms with Crippen LogP contribution in [0.4, 0.5) is 20.4 Å². The number of aryl methyl sites for hydroxylation is 1. The van der Waals surface area contributed by atoms with E-state index in [4.69, 9.17) is 9.47 Å². The van der Waals surface area contributed by atoms with Crippen molar-refractivity contribution >= 4 is 11.6 Å². The molecule has 0 saturated heterocycles. The molecular formula is C22H23F2N3O3. The molecule has 0 bridgehead atoms. The highest BCUT2D eigenvalue weighted by Gasteiger charge is 2.13. The summed E-state index contributed by atoms with van der Waals surface area (Å²) < 4.78 is 39.3. The maximum absolute atomic E-state index is 13.6. The largest absolute Gasteiger partial charge is 0.494 e. The zero-order valence-electron chi connectivity index (χ0n) is 17.0. The molecule has 0 amide bonds. The minimum Gasteiger partial charge on any atom is -0.494 e. The second-order valence-corrected chi connectivity index (χ2v) is 6.76. The average molecular weight is 415 g/mol. The summed E-state index contributed by atoms with van der Waals surface area (Å²) in [5, 5.41) is 3.14. The predicted molar refractivity (Wildman–Crippen MR) is 111 cm³/mol. The van der Waals surface area contributed by atoms with E-state index in [1.165, 1.54) is 19.4 Å². The van der Waals surface area contributed by atoms with Gasteiger partial charge in [0.2, 0.25) is 11.7 Å². The summed E-state index contributed by atoms with van der Waals surface area (Å²) >= 11 is 0. The maximum atomic E-state index is 13.6. The highest BCUT2D eigenvalue weighted by Crippen LogP contribution is 2.25. The molecule has 0 aliphatic carbocycles. The number of aromatic nitrogens is 2. The van der Waals surface area contributed by atoms with Crippen LogP contribution in [0.15, 0.2) is 47.4 Å². The Morgan fingerprint density at radius 1 is 1.13 bits per heavy atom.